The number of pyridine rings is 1. The first-order valence-corrected chi connectivity index (χ1v) is 12.2. The van der Waals surface area contributed by atoms with Gasteiger partial charge in [0.15, 0.2) is 0 Å². The summed E-state index contributed by atoms with van der Waals surface area (Å²) in [4.78, 5) is 33.3. The first kappa shape index (κ1) is 25.3. The van der Waals surface area contributed by atoms with Crippen LogP contribution in [-0.4, -0.2) is 42.2 Å². The van der Waals surface area contributed by atoms with Crippen molar-refractivity contribution in [3.05, 3.63) is 89.2 Å². The van der Waals surface area contributed by atoms with E-state index in [0.29, 0.717) is 16.1 Å². The highest BCUT2D eigenvalue weighted by molar-refractivity contribution is 6.31. The second-order valence-electron chi connectivity index (χ2n) is 9.26. The van der Waals surface area contributed by atoms with Gasteiger partial charge in [0.1, 0.15) is 18.1 Å². The minimum atomic E-state index is -0.905. The van der Waals surface area contributed by atoms with E-state index >= 15 is 0 Å². The predicted octanol–water partition coefficient (Wildman–Crippen LogP) is 4.55. The van der Waals surface area contributed by atoms with Crippen LogP contribution in [0, 0.1) is 0 Å². The standard InChI is InChI=1S/C27H29ClN6O2/c1-4-27(2,3)30-26(36)25(19-13-15-29-16-14-19)33(17-20-9-5-6-10-21(20)28)24(35)18-34-23-12-8-7-11-22(23)31-32-34/h5-16,25H,4,17-18H2,1-3H3,(H,30,36)/t25-/m0/s1. The Labute approximate surface area is 215 Å². The Bertz CT molecular complexity index is 1350. The van der Waals surface area contributed by atoms with E-state index in [0.717, 1.165) is 17.5 Å². The van der Waals surface area contributed by atoms with Gasteiger partial charge in [-0.3, -0.25) is 14.6 Å². The number of amides is 2. The fourth-order valence-corrected chi connectivity index (χ4v) is 4.09. The molecule has 8 nitrogen and oxygen atoms in total. The Hall–Kier alpha value is -3.78. The maximum Gasteiger partial charge on any atom is 0.247 e. The molecule has 4 aromatic rings. The van der Waals surface area contributed by atoms with Gasteiger partial charge in [0.25, 0.3) is 0 Å². The molecule has 0 aliphatic heterocycles. The molecular formula is C27H29ClN6O2. The molecule has 2 heterocycles. The van der Waals surface area contributed by atoms with E-state index < -0.39 is 11.6 Å². The summed E-state index contributed by atoms with van der Waals surface area (Å²) in [6, 6.07) is 17.3. The van der Waals surface area contributed by atoms with Gasteiger partial charge in [-0.15, -0.1) is 5.10 Å². The third kappa shape index (κ3) is 5.71. The molecular weight excluding hydrogens is 476 g/mol. The number of hydrogen-bond donors (Lipinski definition) is 1. The molecule has 2 aromatic carbocycles. The van der Waals surface area contributed by atoms with Gasteiger partial charge in [-0.1, -0.05) is 54.1 Å². The zero-order chi connectivity index (χ0) is 25.7. The second kappa shape index (κ2) is 10.9. The van der Waals surface area contributed by atoms with Crippen molar-refractivity contribution in [3.63, 3.8) is 0 Å². The highest BCUT2D eigenvalue weighted by atomic mass is 35.5. The number of nitrogens with zero attached hydrogens (tertiary/aromatic N) is 5. The van der Waals surface area contributed by atoms with Crippen molar-refractivity contribution in [2.45, 2.75) is 51.9 Å². The maximum absolute atomic E-state index is 13.9. The summed E-state index contributed by atoms with van der Waals surface area (Å²) in [7, 11) is 0. The van der Waals surface area contributed by atoms with Gasteiger partial charge in [0, 0.05) is 29.5 Å². The highest BCUT2D eigenvalue weighted by Gasteiger charge is 2.34. The molecule has 0 unspecified atom stereocenters. The molecule has 36 heavy (non-hydrogen) atoms. The van der Waals surface area contributed by atoms with Crippen molar-refractivity contribution in [2.24, 2.45) is 0 Å². The third-order valence-corrected chi connectivity index (χ3v) is 6.62. The van der Waals surface area contributed by atoms with Crippen molar-refractivity contribution in [1.29, 1.82) is 0 Å². The highest BCUT2D eigenvalue weighted by Crippen LogP contribution is 2.27. The number of carbonyl (C=O) groups is 2. The van der Waals surface area contributed by atoms with Crippen LogP contribution in [0.2, 0.25) is 5.02 Å². The molecule has 9 heteroatoms. The summed E-state index contributed by atoms with van der Waals surface area (Å²) in [5, 5.41) is 12.0. The lowest BCUT2D eigenvalue weighted by atomic mass is 9.98. The molecule has 0 fully saturated rings. The number of fused-ring (bicyclic) bond motifs is 1. The van der Waals surface area contributed by atoms with Crippen LogP contribution < -0.4 is 5.32 Å². The van der Waals surface area contributed by atoms with Gasteiger partial charge in [0.2, 0.25) is 11.8 Å². The van der Waals surface area contributed by atoms with Crippen LogP contribution in [0.1, 0.15) is 44.4 Å². The Morgan fingerprint density at radius 1 is 1.06 bits per heavy atom. The molecule has 0 spiro atoms. The van der Waals surface area contributed by atoms with Crippen LogP contribution >= 0.6 is 11.6 Å². The maximum atomic E-state index is 13.9. The van der Waals surface area contributed by atoms with Crippen LogP contribution in [0.15, 0.2) is 73.1 Å². The molecule has 0 aliphatic carbocycles. The van der Waals surface area contributed by atoms with Gasteiger partial charge in [-0.2, -0.15) is 0 Å². The molecule has 0 radical (unpaired) electrons. The van der Waals surface area contributed by atoms with Crippen molar-refractivity contribution in [3.8, 4) is 0 Å². The zero-order valence-corrected chi connectivity index (χ0v) is 21.3. The van der Waals surface area contributed by atoms with Gasteiger partial charge in [0.05, 0.1) is 5.52 Å². The van der Waals surface area contributed by atoms with Gasteiger partial charge < -0.3 is 10.2 Å². The molecule has 0 saturated heterocycles. The van der Waals surface area contributed by atoms with Crippen LogP contribution in [0.3, 0.4) is 0 Å². The first-order chi connectivity index (χ1) is 17.3. The van der Waals surface area contributed by atoms with Crippen LogP contribution in [0.4, 0.5) is 0 Å². The largest absolute Gasteiger partial charge is 0.349 e. The third-order valence-electron chi connectivity index (χ3n) is 6.25. The average Bonchev–Trinajstić information content (AvgIpc) is 3.28. The lowest BCUT2D eigenvalue weighted by Gasteiger charge is -2.34. The fraction of sp³-hybridized carbons (Fsp3) is 0.296. The summed E-state index contributed by atoms with van der Waals surface area (Å²) >= 11 is 6.48. The predicted molar refractivity (Wildman–Crippen MR) is 139 cm³/mol. The number of hydrogen-bond acceptors (Lipinski definition) is 5. The average molecular weight is 505 g/mol. The number of halogens is 1. The molecule has 0 bridgehead atoms. The molecule has 4 rings (SSSR count). The van der Waals surface area contributed by atoms with Crippen LogP contribution in [0.25, 0.3) is 11.0 Å². The summed E-state index contributed by atoms with van der Waals surface area (Å²) in [6.07, 6.45) is 3.96. The fourth-order valence-electron chi connectivity index (χ4n) is 3.90. The van der Waals surface area contributed by atoms with E-state index in [1.807, 2.05) is 63.2 Å². The van der Waals surface area contributed by atoms with E-state index in [4.69, 9.17) is 11.6 Å². The molecule has 186 valence electrons. The summed E-state index contributed by atoms with van der Waals surface area (Å²) in [6.45, 7) is 5.96. The minimum Gasteiger partial charge on any atom is -0.349 e. The quantitative estimate of drug-likeness (QED) is 0.361. The van der Waals surface area contributed by atoms with E-state index in [-0.39, 0.29) is 24.9 Å². The van der Waals surface area contributed by atoms with Gasteiger partial charge >= 0.3 is 0 Å². The topological polar surface area (TPSA) is 93.0 Å². The van der Waals surface area contributed by atoms with E-state index in [1.165, 1.54) is 0 Å². The Morgan fingerprint density at radius 3 is 2.47 bits per heavy atom. The van der Waals surface area contributed by atoms with Crippen molar-refractivity contribution >= 4 is 34.4 Å². The molecule has 2 amide bonds. The summed E-state index contributed by atoms with van der Waals surface area (Å²) in [5.74, 6) is -0.575. The van der Waals surface area contributed by atoms with Crippen LogP contribution in [-0.2, 0) is 22.7 Å². The number of rotatable bonds is 9. The van der Waals surface area contributed by atoms with Crippen molar-refractivity contribution in [1.82, 2.24) is 30.2 Å². The van der Waals surface area contributed by atoms with Gasteiger partial charge in [-0.05, 0) is 61.7 Å². The Balaban J connectivity index is 1.76. The van der Waals surface area contributed by atoms with Crippen LogP contribution in [0.5, 0.6) is 0 Å². The Morgan fingerprint density at radius 2 is 1.75 bits per heavy atom. The molecule has 2 aromatic heterocycles. The van der Waals surface area contributed by atoms with E-state index in [1.54, 1.807) is 40.2 Å². The second-order valence-corrected chi connectivity index (χ2v) is 9.67. The zero-order valence-electron chi connectivity index (χ0n) is 20.6. The number of aromatic nitrogens is 4. The lowest BCUT2D eigenvalue weighted by Crippen LogP contribution is -2.50. The van der Waals surface area contributed by atoms with E-state index in [2.05, 4.69) is 20.6 Å². The summed E-state index contributed by atoms with van der Waals surface area (Å²) < 4.78 is 1.55. The van der Waals surface area contributed by atoms with Gasteiger partial charge in [-0.25, -0.2) is 4.68 Å². The monoisotopic (exact) mass is 504 g/mol. The number of benzene rings is 2. The Kier molecular flexibility index (Phi) is 7.64. The number of carbonyl (C=O) groups excluding carboxylic acids is 2. The van der Waals surface area contributed by atoms with E-state index in [9.17, 15) is 9.59 Å². The molecule has 0 aliphatic rings. The van der Waals surface area contributed by atoms with Crippen molar-refractivity contribution in [2.75, 3.05) is 0 Å². The van der Waals surface area contributed by atoms with Crippen molar-refractivity contribution < 1.29 is 9.59 Å². The SMILES string of the molecule is CCC(C)(C)NC(=O)[C@H](c1ccncc1)N(Cc1ccccc1Cl)C(=O)Cn1nnc2ccccc21. The smallest absolute Gasteiger partial charge is 0.247 e. The first-order valence-electron chi connectivity index (χ1n) is 11.8. The lowest BCUT2D eigenvalue weighted by molar-refractivity contribution is -0.143. The molecule has 1 N–H and O–H groups in total. The summed E-state index contributed by atoms with van der Waals surface area (Å²) in [5.41, 5.74) is 2.36. The number of para-hydroxylation sites is 1. The molecule has 1 atom stereocenters. The number of nitrogens with one attached hydrogen (secondary N) is 1. The normalized spacial score (nSPS) is 12.3. The minimum absolute atomic E-state index is 0.0863. The molecule has 0 saturated carbocycles.